The molecule has 17 heteroatoms. The number of hydrogen-bond donors (Lipinski definition) is 1. The summed E-state index contributed by atoms with van der Waals surface area (Å²) in [4.78, 5) is 51.1. The standard InChI is InChI=1S/C16H15N4O12P/c1-9-3-13(17(21)22)11(14(4-9)18(23)24)7-31-33(29,30)32-8-12-15(19(25)26)5-10(2)6-16(12)20(27)28/h3-6H,7-8H2,1-2H3,(H,29,30). The molecule has 16 nitrogen and oxygen atoms in total. The number of benzene rings is 2. The Labute approximate surface area is 183 Å². The number of phosphoric acid groups is 1. The van der Waals surface area contributed by atoms with Gasteiger partial charge in [0.25, 0.3) is 22.7 Å². The number of aryl methyl sites for hydroxylation is 2. The molecular weight excluding hydrogens is 471 g/mol. The van der Waals surface area contributed by atoms with Crippen molar-refractivity contribution in [2.45, 2.75) is 27.1 Å². The molecule has 0 saturated heterocycles. The second kappa shape index (κ2) is 9.74. The Morgan fingerprint density at radius 3 is 1.15 bits per heavy atom. The molecule has 0 radical (unpaired) electrons. The first kappa shape index (κ1) is 25.4. The monoisotopic (exact) mass is 486 g/mol. The molecular formula is C16H15N4O12P. The summed E-state index contributed by atoms with van der Waals surface area (Å²) in [7, 11) is -5.14. The molecule has 0 heterocycles. The molecule has 0 aliphatic rings. The molecule has 2 aromatic rings. The Kier molecular flexibility index (Phi) is 7.50. The summed E-state index contributed by atoms with van der Waals surface area (Å²) in [5.41, 5.74) is -3.86. The molecule has 0 fully saturated rings. The summed E-state index contributed by atoms with van der Waals surface area (Å²) < 4.78 is 21.5. The van der Waals surface area contributed by atoms with Gasteiger partial charge < -0.3 is 4.89 Å². The van der Waals surface area contributed by atoms with E-state index < -0.39 is 74.6 Å². The van der Waals surface area contributed by atoms with E-state index in [0.717, 1.165) is 24.3 Å². The van der Waals surface area contributed by atoms with Crippen molar-refractivity contribution in [2.75, 3.05) is 0 Å². The van der Waals surface area contributed by atoms with E-state index in [1.807, 2.05) is 0 Å². The quantitative estimate of drug-likeness (QED) is 0.287. The Bertz CT molecular complexity index is 1050. The third-order valence-electron chi connectivity index (χ3n) is 4.23. The van der Waals surface area contributed by atoms with Crippen molar-refractivity contribution < 1.29 is 38.2 Å². The number of nitro groups is 4. The average molecular weight is 486 g/mol. The zero-order valence-electron chi connectivity index (χ0n) is 16.9. The van der Waals surface area contributed by atoms with Gasteiger partial charge >= 0.3 is 7.82 Å². The van der Waals surface area contributed by atoms with Crippen molar-refractivity contribution in [3.63, 3.8) is 0 Å². The van der Waals surface area contributed by atoms with Crippen LogP contribution < -0.4 is 0 Å². The highest BCUT2D eigenvalue weighted by molar-refractivity contribution is 7.47. The maximum absolute atomic E-state index is 12.3. The first-order chi connectivity index (χ1) is 15.2. The molecule has 33 heavy (non-hydrogen) atoms. The van der Waals surface area contributed by atoms with Crippen LogP contribution in [0.1, 0.15) is 22.3 Å². The minimum Gasteiger partial charge on any atom is -0.302 e. The Morgan fingerprint density at radius 1 is 0.697 bits per heavy atom. The van der Waals surface area contributed by atoms with Gasteiger partial charge in [0.05, 0.1) is 32.9 Å². The number of hydrogen-bond acceptors (Lipinski definition) is 11. The minimum absolute atomic E-state index is 0.180. The van der Waals surface area contributed by atoms with Crippen LogP contribution in [0.25, 0.3) is 0 Å². The van der Waals surface area contributed by atoms with Crippen LogP contribution in [0.3, 0.4) is 0 Å². The van der Waals surface area contributed by atoms with E-state index in [2.05, 4.69) is 9.05 Å². The second-order valence-electron chi connectivity index (χ2n) is 6.61. The topological polar surface area (TPSA) is 228 Å². The zero-order valence-corrected chi connectivity index (χ0v) is 17.8. The van der Waals surface area contributed by atoms with Gasteiger partial charge in [0, 0.05) is 24.3 Å². The van der Waals surface area contributed by atoms with Gasteiger partial charge in [0.2, 0.25) is 0 Å². The zero-order chi connectivity index (χ0) is 25.1. The van der Waals surface area contributed by atoms with Crippen LogP contribution in [0.5, 0.6) is 0 Å². The van der Waals surface area contributed by atoms with Crippen LogP contribution in [-0.2, 0) is 26.8 Å². The molecule has 0 aromatic heterocycles. The van der Waals surface area contributed by atoms with Crippen molar-refractivity contribution in [3.05, 3.63) is 87.0 Å². The van der Waals surface area contributed by atoms with E-state index >= 15 is 0 Å². The van der Waals surface area contributed by atoms with Crippen LogP contribution in [0.4, 0.5) is 22.7 Å². The summed E-state index contributed by atoms with van der Waals surface area (Å²) in [5, 5.41) is 45.0. The van der Waals surface area contributed by atoms with Gasteiger partial charge in [-0.1, -0.05) is 0 Å². The molecule has 0 unspecified atom stereocenters. The van der Waals surface area contributed by atoms with Gasteiger partial charge in [-0.2, -0.15) is 0 Å². The van der Waals surface area contributed by atoms with Gasteiger partial charge in [0.15, 0.2) is 0 Å². The molecule has 0 amide bonds. The van der Waals surface area contributed by atoms with Crippen molar-refractivity contribution in [1.82, 2.24) is 0 Å². The first-order valence-corrected chi connectivity index (χ1v) is 10.2. The predicted octanol–water partition coefficient (Wildman–Crippen LogP) is 3.77. The lowest BCUT2D eigenvalue weighted by atomic mass is 10.1. The highest BCUT2D eigenvalue weighted by Crippen LogP contribution is 2.47. The Morgan fingerprint density at radius 2 is 0.939 bits per heavy atom. The van der Waals surface area contributed by atoms with Crippen molar-refractivity contribution in [2.24, 2.45) is 0 Å². The van der Waals surface area contributed by atoms with Crippen LogP contribution in [0.2, 0.25) is 0 Å². The maximum Gasteiger partial charge on any atom is 0.472 e. The van der Waals surface area contributed by atoms with E-state index in [0.29, 0.717) is 0 Å². The van der Waals surface area contributed by atoms with Crippen LogP contribution in [0.15, 0.2) is 24.3 Å². The normalized spacial score (nSPS) is 11.2. The lowest BCUT2D eigenvalue weighted by Gasteiger charge is -2.13. The highest BCUT2D eigenvalue weighted by Gasteiger charge is 2.33. The van der Waals surface area contributed by atoms with E-state index in [9.17, 15) is 49.9 Å². The van der Waals surface area contributed by atoms with Gasteiger partial charge in [-0.05, 0) is 25.0 Å². The van der Waals surface area contributed by atoms with E-state index in [4.69, 9.17) is 0 Å². The number of nitro benzene ring substituents is 4. The molecule has 0 atom stereocenters. The van der Waals surface area contributed by atoms with Crippen LogP contribution in [0, 0.1) is 54.3 Å². The smallest absolute Gasteiger partial charge is 0.302 e. The van der Waals surface area contributed by atoms with E-state index in [1.165, 1.54) is 13.8 Å². The highest BCUT2D eigenvalue weighted by atomic mass is 31.2. The summed E-state index contributed by atoms with van der Waals surface area (Å²) in [6.45, 7) is 0.537. The Hall–Kier alpha value is -3.85. The lowest BCUT2D eigenvalue weighted by Crippen LogP contribution is -2.06. The molecule has 0 spiro atoms. The lowest BCUT2D eigenvalue weighted by molar-refractivity contribution is -0.396. The summed E-state index contributed by atoms with van der Waals surface area (Å²) >= 11 is 0. The van der Waals surface area contributed by atoms with Crippen molar-refractivity contribution >= 4 is 30.6 Å². The predicted molar refractivity (Wildman–Crippen MR) is 108 cm³/mol. The van der Waals surface area contributed by atoms with Gasteiger partial charge in [0.1, 0.15) is 11.1 Å². The third kappa shape index (κ3) is 6.11. The average Bonchev–Trinajstić information content (AvgIpc) is 2.70. The fourth-order valence-corrected chi connectivity index (χ4v) is 3.49. The molecule has 0 aliphatic carbocycles. The molecule has 0 saturated carbocycles. The maximum atomic E-state index is 12.3. The van der Waals surface area contributed by atoms with Crippen molar-refractivity contribution in [1.29, 1.82) is 0 Å². The number of phosphoric ester groups is 1. The molecule has 0 bridgehead atoms. The SMILES string of the molecule is Cc1cc([N+](=O)[O-])c(COP(=O)(O)OCc2c([N+](=O)[O-])cc(C)cc2[N+](=O)[O-])c([N+](=O)[O-])c1. The van der Waals surface area contributed by atoms with Gasteiger partial charge in [-0.15, -0.1) is 0 Å². The van der Waals surface area contributed by atoms with Crippen LogP contribution in [-0.4, -0.2) is 24.6 Å². The first-order valence-electron chi connectivity index (χ1n) is 8.70. The molecule has 176 valence electrons. The summed E-state index contributed by atoms with van der Waals surface area (Å²) in [5.74, 6) is 0. The van der Waals surface area contributed by atoms with Gasteiger partial charge in [-0.3, -0.25) is 49.5 Å². The van der Waals surface area contributed by atoms with E-state index in [-0.39, 0.29) is 11.1 Å². The van der Waals surface area contributed by atoms with E-state index in [1.54, 1.807) is 0 Å². The van der Waals surface area contributed by atoms with Gasteiger partial charge in [-0.25, -0.2) is 4.57 Å². The molecule has 0 aliphatic heterocycles. The summed E-state index contributed by atoms with van der Waals surface area (Å²) in [6.07, 6.45) is 0. The Balaban J connectivity index is 2.33. The third-order valence-corrected chi connectivity index (χ3v) is 5.14. The summed E-state index contributed by atoms with van der Waals surface area (Å²) in [6, 6.07) is 3.98. The van der Waals surface area contributed by atoms with Crippen molar-refractivity contribution in [3.8, 4) is 0 Å². The molecule has 2 aromatic carbocycles. The fraction of sp³-hybridized carbons (Fsp3) is 0.250. The number of nitrogens with zero attached hydrogens (tertiary/aromatic N) is 4. The second-order valence-corrected chi connectivity index (χ2v) is 8.06. The number of rotatable bonds is 10. The minimum atomic E-state index is -5.14. The van der Waals surface area contributed by atoms with Crippen LogP contribution >= 0.6 is 7.82 Å². The molecule has 1 N–H and O–H groups in total. The largest absolute Gasteiger partial charge is 0.472 e. The molecule has 2 rings (SSSR count). The fourth-order valence-electron chi connectivity index (χ4n) is 2.83.